The summed E-state index contributed by atoms with van der Waals surface area (Å²) < 4.78 is 40.4. The van der Waals surface area contributed by atoms with Crippen LogP contribution in [0, 0.1) is 5.82 Å². The summed E-state index contributed by atoms with van der Waals surface area (Å²) in [5.74, 6) is -0.618. The zero-order valence-corrected chi connectivity index (χ0v) is 20.5. The summed E-state index contributed by atoms with van der Waals surface area (Å²) in [5, 5.41) is 10.8. The van der Waals surface area contributed by atoms with Gasteiger partial charge in [-0.3, -0.25) is 4.79 Å². The molecule has 36 heavy (non-hydrogen) atoms. The molecule has 8 nitrogen and oxygen atoms in total. The second kappa shape index (κ2) is 8.56. The molecule has 2 aliphatic heterocycles. The molecule has 4 aromatic rings. The highest BCUT2D eigenvalue weighted by Gasteiger charge is 2.35. The number of nitrogens with one attached hydrogen (secondary N) is 2. The van der Waals surface area contributed by atoms with E-state index in [-0.39, 0.29) is 23.5 Å². The molecule has 6 rings (SSSR count). The highest BCUT2D eigenvalue weighted by atomic mass is 35.5. The minimum atomic E-state index is -3.17. The number of fused-ring (bicyclic) bond motifs is 2. The summed E-state index contributed by atoms with van der Waals surface area (Å²) in [6.07, 6.45) is 4.50. The molecule has 0 radical (unpaired) electrons. The number of anilines is 1. The fraction of sp³-hybridized carbons (Fsp3) is 0.240. The van der Waals surface area contributed by atoms with Crippen molar-refractivity contribution in [1.29, 1.82) is 0 Å². The molecule has 2 aromatic heterocycles. The third-order valence-electron chi connectivity index (χ3n) is 6.69. The first-order valence-corrected chi connectivity index (χ1v) is 13.7. The number of carbonyl (C=O) groups excluding carboxylic acids is 1. The Labute approximate surface area is 211 Å². The Morgan fingerprint density at radius 1 is 1.14 bits per heavy atom. The maximum Gasteiger partial charge on any atom is 0.252 e. The monoisotopic (exact) mass is 525 g/mol. The van der Waals surface area contributed by atoms with Crippen LogP contribution in [0.25, 0.3) is 16.8 Å². The molecular weight excluding hydrogens is 505 g/mol. The second-order valence-electron chi connectivity index (χ2n) is 9.14. The number of pyridine rings is 1. The molecular formula is C25H21ClFN5O3S. The molecule has 1 amide bonds. The molecule has 2 N–H and O–H groups in total. The number of carbonyl (C=O) groups is 1. The third kappa shape index (κ3) is 4.10. The molecule has 2 aromatic carbocycles. The average molecular weight is 526 g/mol. The van der Waals surface area contributed by atoms with E-state index < -0.39 is 21.7 Å². The number of amides is 1. The molecule has 0 bridgehead atoms. The van der Waals surface area contributed by atoms with Crippen molar-refractivity contribution in [1.82, 2.24) is 19.9 Å². The van der Waals surface area contributed by atoms with E-state index in [2.05, 4.69) is 20.7 Å². The first-order chi connectivity index (χ1) is 17.3. The molecule has 2 aliphatic rings. The Bertz CT molecular complexity index is 1640. The molecule has 0 saturated carbocycles. The summed E-state index contributed by atoms with van der Waals surface area (Å²) in [7, 11) is -3.17. The molecule has 0 aliphatic carbocycles. The van der Waals surface area contributed by atoms with Crippen LogP contribution in [0.15, 0.2) is 55.0 Å². The number of benzene rings is 2. The third-order valence-corrected chi connectivity index (χ3v) is 8.85. The minimum Gasteiger partial charge on any atom is -0.381 e. The fourth-order valence-electron chi connectivity index (χ4n) is 5.03. The molecule has 2 unspecified atom stereocenters. The van der Waals surface area contributed by atoms with Gasteiger partial charge in [0, 0.05) is 45.2 Å². The maximum atomic E-state index is 14.2. The number of nitrogens with zero attached hydrogens (tertiary/aromatic N) is 3. The van der Waals surface area contributed by atoms with Gasteiger partial charge < -0.3 is 10.6 Å². The van der Waals surface area contributed by atoms with Gasteiger partial charge in [-0.1, -0.05) is 11.6 Å². The summed E-state index contributed by atoms with van der Waals surface area (Å²) in [6, 6.07) is 10.4. The molecule has 2 atom stereocenters. The Morgan fingerprint density at radius 3 is 2.83 bits per heavy atom. The minimum absolute atomic E-state index is 0.00365. The van der Waals surface area contributed by atoms with Crippen LogP contribution >= 0.6 is 11.6 Å². The van der Waals surface area contributed by atoms with Gasteiger partial charge in [0.1, 0.15) is 12.1 Å². The van der Waals surface area contributed by atoms with Crippen LogP contribution in [0.1, 0.15) is 40.4 Å². The van der Waals surface area contributed by atoms with E-state index in [0.29, 0.717) is 45.9 Å². The lowest BCUT2D eigenvalue weighted by molar-refractivity contribution is 0.0960. The number of aromatic nitrogens is 3. The van der Waals surface area contributed by atoms with Crippen molar-refractivity contribution in [3.63, 3.8) is 0 Å². The summed E-state index contributed by atoms with van der Waals surface area (Å²) >= 11 is 6.41. The van der Waals surface area contributed by atoms with Gasteiger partial charge in [-0.15, -0.1) is 0 Å². The quantitative estimate of drug-likeness (QED) is 0.417. The first kappa shape index (κ1) is 22.9. The zero-order valence-electron chi connectivity index (χ0n) is 18.9. The Balaban J connectivity index is 1.51. The number of halogens is 2. The predicted octanol–water partition coefficient (Wildman–Crippen LogP) is 4.01. The molecule has 4 heterocycles. The molecule has 0 spiro atoms. The maximum absolute atomic E-state index is 14.2. The highest BCUT2D eigenvalue weighted by Crippen LogP contribution is 2.42. The summed E-state index contributed by atoms with van der Waals surface area (Å²) in [4.78, 5) is 17.3. The first-order valence-electron chi connectivity index (χ1n) is 11.5. The standard InChI is InChI=1S/C25H21ClFN5O3S/c26-20-5-4-16(27)10-18(20)24-23-19(25(33)31-24)8-15(14-3-6-22-28-13-29-32(22)11-14)9-21(23)30-17-2-1-7-36(34,35)12-17/h3-6,8-11,13,17,24,30H,1-2,7,12H2,(H,31,33). The normalized spacial score (nSPS) is 20.8. The van der Waals surface area contributed by atoms with Crippen LogP contribution in [0.2, 0.25) is 5.02 Å². The van der Waals surface area contributed by atoms with Crippen molar-refractivity contribution in [2.75, 3.05) is 16.8 Å². The van der Waals surface area contributed by atoms with Gasteiger partial charge in [0.2, 0.25) is 0 Å². The van der Waals surface area contributed by atoms with E-state index in [0.717, 1.165) is 11.1 Å². The van der Waals surface area contributed by atoms with E-state index in [1.807, 2.05) is 24.4 Å². The van der Waals surface area contributed by atoms with Crippen LogP contribution in [0.3, 0.4) is 0 Å². The highest BCUT2D eigenvalue weighted by molar-refractivity contribution is 7.91. The Kier molecular flexibility index (Phi) is 5.45. The topological polar surface area (TPSA) is 105 Å². The van der Waals surface area contributed by atoms with Gasteiger partial charge in [0.15, 0.2) is 15.5 Å². The average Bonchev–Trinajstić information content (AvgIpc) is 3.44. The molecule has 1 saturated heterocycles. The van der Waals surface area contributed by atoms with Crippen LogP contribution in [-0.4, -0.2) is 46.5 Å². The lowest BCUT2D eigenvalue weighted by Gasteiger charge is -2.27. The van der Waals surface area contributed by atoms with Crippen LogP contribution in [0.5, 0.6) is 0 Å². The van der Waals surface area contributed by atoms with Crippen LogP contribution in [-0.2, 0) is 9.84 Å². The lowest BCUT2D eigenvalue weighted by atomic mass is 9.92. The van der Waals surface area contributed by atoms with E-state index in [9.17, 15) is 17.6 Å². The SMILES string of the molecule is O=C1NC(c2cc(F)ccc2Cl)c2c(NC3CCCS(=O)(=O)C3)cc(-c3ccc4ncnn4c3)cc21. The van der Waals surface area contributed by atoms with Crippen molar-refractivity contribution in [2.24, 2.45) is 0 Å². The molecule has 1 fully saturated rings. The zero-order chi connectivity index (χ0) is 25.0. The van der Waals surface area contributed by atoms with E-state index in [1.54, 1.807) is 10.6 Å². The van der Waals surface area contributed by atoms with E-state index in [4.69, 9.17) is 11.6 Å². The van der Waals surface area contributed by atoms with E-state index >= 15 is 0 Å². The van der Waals surface area contributed by atoms with Gasteiger partial charge in [-0.2, -0.15) is 5.10 Å². The largest absolute Gasteiger partial charge is 0.381 e. The van der Waals surface area contributed by atoms with Gasteiger partial charge in [-0.05, 0) is 60.9 Å². The number of hydrogen-bond donors (Lipinski definition) is 2. The van der Waals surface area contributed by atoms with Crippen molar-refractivity contribution in [3.8, 4) is 11.1 Å². The number of hydrogen-bond acceptors (Lipinski definition) is 6. The van der Waals surface area contributed by atoms with Crippen LogP contribution < -0.4 is 10.6 Å². The number of sulfone groups is 1. The Morgan fingerprint density at radius 2 is 2.00 bits per heavy atom. The van der Waals surface area contributed by atoms with Crippen molar-refractivity contribution >= 4 is 38.7 Å². The Hall–Kier alpha value is -3.50. The summed E-state index contributed by atoms with van der Waals surface area (Å²) in [6.45, 7) is 0. The predicted molar refractivity (Wildman–Crippen MR) is 134 cm³/mol. The van der Waals surface area contributed by atoms with Gasteiger partial charge in [-0.25, -0.2) is 22.3 Å². The molecule has 11 heteroatoms. The van der Waals surface area contributed by atoms with Crippen LogP contribution in [0.4, 0.5) is 10.1 Å². The van der Waals surface area contributed by atoms with Crippen molar-refractivity contribution < 1.29 is 17.6 Å². The van der Waals surface area contributed by atoms with Gasteiger partial charge >= 0.3 is 0 Å². The summed E-state index contributed by atoms with van der Waals surface area (Å²) in [5.41, 5.74) is 4.29. The van der Waals surface area contributed by atoms with Gasteiger partial charge in [0.25, 0.3) is 5.91 Å². The second-order valence-corrected chi connectivity index (χ2v) is 11.8. The van der Waals surface area contributed by atoms with E-state index in [1.165, 1.54) is 24.5 Å². The fourth-order valence-corrected chi connectivity index (χ4v) is 6.90. The van der Waals surface area contributed by atoms with Crippen molar-refractivity contribution in [3.05, 3.63) is 82.5 Å². The smallest absolute Gasteiger partial charge is 0.252 e. The molecule has 184 valence electrons. The number of rotatable bonds is 4. The van der Waals surface area contributed by atoms with Crippen molar-refractivity contribution in [2.45, 2.75) is 24.9 Å². The lowest BCUT2D eigenvalue weighted by Crippen LogP contribution is -2.35. The van der Waals surface area contributed by atoms with Gasteiger partial charge in [0.05, 0.1) is 17.5 Å².